The number of benzene rings is 1. The van der Waals surface area contributed by atoms with Crippen LogP contribution in [0, 0.1) is 0 Å². The van der Waals surface area contributed by atoms with E-state index in [1.807, 2.05) is 0 Å². The van der Waals surface area contributed by atoms with Crippen molar-refractivity contribution < 1.29 is 0 Å². The zero-order chi connectivity index (χ0) is 11.7. The summed E-state index contributed by atoms with van der Waals surface area (Å²) in [5.74, 6) is 0. The number of nitrogens with zero attached hydrogens (tertiary/aromatic N) is 1. The van der Waals surface area contributed by atoms with Crippen LogP contribution < -0.4 is 5.32 Å². The number of hydrogen-bond acceptors (Lipinski definition) is 2. The molecular formula is C14H19BrN2. The van der Waals surface area contributed by atoms with E-state index in [0.29, 0.717) is 6.04 Å². The van der Waals surface area contributed by atoms with E-state index in [0.717, 1.165) is 12.6 Å². The molecule has 2 unspecified atom stereocenters. The van der Waals surface area contributed by atoms with Gasteiger partial charge in [0, 0.05) is 29.6 Å². The Labute approximate surface area is 112 Å². The largest absolute Gasteiger partial charge is 0.308 e. The molecule has 2 saturated heterocycles. The molecule has 2 aliphatic rings. The lowest BCUT2D eigenvalue weighted by molar-refractivity contribution is 0.298. The minimum atomic E-state index is 0.705. The van der Waals surface area contributed by atoms with Crippen LogP contribution in [0.2, 0.25) is 0 Å². The van der Waals surface area contributed by atoms with Gasteiger partial charge in [-0.1, -0.05) is 28.1 Å². The molecule has 2 nitrogen and oxygen atoms in total. The summed E-state index contributed by atoms with van der Waals surface area (Å²) in [6, 6.07) is 10.1. The van der Waals surface area contributed by atoms with Gasteiger partial charge in [-0.25, -0.2) is 0 Å². The van der Waals surface area contributed by atoms with Crippen LogP contribution in [0.15, 0.2) is 28.7 Å². The summed E-state index contributed by atoms with van der Waals surface area (Å²) in [4.78, 5) is 2.65. The van der Waals surface area contributed by atoms with E-state index in [4.69, 9.17) is 0 Å². The van der Waals surface area contributed by atoms with Crippen LogP contribution in [0.25, 0.3) is 0 Å². The van der Waals surface area contributed by atoms with Gasteiger partial charge in [0.25, 0.3) is 0 Å². The van der Waals surface area contributed by atoms with Crippen LogP contribution in [0.3, 0.4) is 0 Å². The van der Waals surface area contributed by atoms with Crippen molar-refractivity contribution in [1.29, 1.82) is 0 Å². The van der Waals surface area contributed by atoms with Crippen LogP contribution in [-0.2, 0) is 6.54 Å². The molecule has 0 saturated carbocycles. The van der Waals surface area contributed by atoms with E-state index < -0.39 is 0 Å². The van der Waals surface area contributed by atoms with Gasteiger partial charge in [0.1, 0.15) is 0 Å². The van der Waals surface area contributed by atoms with Gasteiger partial charge < -0.3 is 5.32 Å². The lowest BCUT2D eigenvalue weighted by Crippen LogP contribution is -2.38. The Balaban J connectivity index is 1.57. The quantitative estimate of drug-likeness (QED) is 0.922. The molecule has 0 amide bonds. The highest BCUT2D eigenvalue weighted by atomic mass is 79.9. The zero-order valence-electron chi connectivity index (χ0n) is 10.0. The van der Waals surface area contributed by atoms with Crippen LogP contribution in [0.5, 0.6) is 0 Å². The summed E-state index contributed by atoms with van der Waals surface area (Å²) in [5, 5.41) is 3.73. The second-order valence-electron chi connectivity index (χ2n) is 5.15. The molecule has 2 aliphatic heterocycles. The second-order valence-corrected chi connectivity index (χ2v) is 6.07. The average Bonchev–Trinajstić information content (AvgIpc) is 2.89. The summed E-state index contributed by atoms with van der Waals surface area (Å²) in [6.45, 7) is 3.61. The van der Waals surface area contributed by atoms with Gasteiger partial charge >= 0.3 is 0 Å². The van der Waals surface area contributed by atoms with Crippen molar-refractivity contribution in [3.8, 4) is 0 Å². The Kier molecular flexibility index (Phi) is 3.50. The van der Waals surface area contributed by atoms with Crippen molar-refractivity contribution in [2.75, 3.05) is 13.1 Å². The fraction of sp³-hybridized carbons (Fsp3) is 0.571. The van der Waals surface area contributed by atoms with Gasteiger partial charge in [0.15, 0.2) is 0 Å². The highest BCUT2D eigenvalue weighted by Gasteiger charge is 2.36. The molecule has 0 spiro atoms. The summed E-state index contributed by atoms with van der Waals surface area (Å²) in [7, 11) is 0. The third kappa shape index (κ3) is 2.56. The summed E-state index contributed by atoms with van der Waals surface area (Å²) in [6.07, 6.45) is 4.09. The molecule has 1 N–H and O–H groups in total. The maximum Gasteiger partial charge on any atom is 0.0250 e. The molecule has 3 rings (SSSR count). The number of rotatable bonds is 3. The maximum atomic E-state index is 3.73. The van der Waals surface area contributed by atoms with Crippen molar-refractivity contribution in [3.63, 3.8) is 0 Å². The lowest BCUT2D eigenvalue weighted by atomic mass is 10.1. The van der Waals surface area contributed by atoms with E-state index in [2.05, 4.69) is 50.4 Å². The highest BCUT2D eigenvalue weighted by molar-refractivity contribution is 9.10. The predicted molar refractivity (Wildman–Crippen MR) is 74.0 cm³/mol. The summed E-state index contributed by atoms with van der Waals surface area (Å²) in [5.41, 5.74) is 1.37. The van der Waals surface area contributed by atoms with Crippen molar-refractivity contribution >= 4 is 15.9 Å². The van der Waals surface area contributed by atoms with E-state index >= 15 is 0 Å². The second kappa shape index (κ2) is 5.09. The van der Waals surface area contributed by atoms with E-state index in [1.54, 1.807) is 0 Å². The fourth-order valence-electron chi connectivity index (χ4n) is 3.22. The summed E-state index contributed by atoms with van der Waals surface area (Å²) < 4.78 is 1.17. The predicted octanol–water partition coefficient (Wildman–Crippen LogP) is 2.78. The fourth-order valence-corrected chi connectivity index (χ4v) is 3.66. The monoisotopic (exact) mass is 294 g/mol. The van der Waals surface area contributed by atoms with Gasteiger partial charge in [-0.15, -0.1) is 0 Å². The molecule has 3 heteroatoms. The van der Waals surface area contributed by atoms with Gasteiger partial charge in [-0.05, 0) is 43.5 Å². The Hall–Kier alpha value is -0.380. The Morgan fingerprint density at radius 3 is 3.12 bits per heavy atom. The van der Waals surface area contributed by atoms with Crippen molar-refractivity contribution in [3.05, 3.63) is 34.3 Å². The molecule has 17 heavy (non-hydrogen) atoms. The van der Waals surface area contributed by atoms with Crippen LogP contribution >= 0.6 is 15.9 Å². The van der Waals surface area contributed by atoms with Crippen molar-refractivity contribution in [2.24, 2.45) is 0 Å². The van der Waals surface area contributed by atoms with Crippen LogP contribution in [-0.4, -0.2) is 30.1 Å². The Morgan fingerprint density at radius 2 is 2.24 bits per heavy atom. The minimum absolute atomic E-state index is 0.705. The SMILES string of the molecule is Brc1cccc(CNC2CCN3CCCC23)c1. The van der Waals surface area contributed by atoms with Crippen molar-refractivity contribution in [2.45, 2.75) is 37.9 Å². The third-order valence-corrected chi connectivity index (χ3v) is 4.56. The normalized spacial score (nSPS) is 28.5. The number of halogens is 1. The highest BCUT2D eigenvalue weighted by Crippen LogP contribution is 2.28. The van der Waals surface area contributed by atoms with Crippen LogP contribution in [0.4, 0.5) is 0 Å². The first-order valence-corrected chi connectivity index (χ1v) is 7.34. The topological polar surface area (TPSA) is 15.3 Å². The Morgan fingerprint density at radius 1 is 1.29 bits per heavy atom. The molecular weight excluding hydrogens is 276 g/mol. The molecule has 0 aliphatic carbocycles. The molecule has 1 aromatic carbocycles. The first kappa shape index (κ1) is 11.7. The molecule has 2 heterocycles. The van der Waals surface area contributed by atoms with Crippen molar-refractivity contribution in [1.82, 2.24) is 10.2 Å². The van der Waals surface area contributed by atoms with E-state index in [1.165, 1.54) is 42.4 Å². The first-order chi connectivity index (χ1) is 8.33. The van der Waals surface area contributed by atoms with Gasteiger partial charge in [-0.2, -0.15) is 0 Å². The third-order valence-electron chi connectivity index (χ3n) is 4.06. The molecule has 2 fully saturated rings. The van der Waals surface area contributed by atoms with Gasteiger partial charge in [0.05, 0.1) is 0 Å². The maximum absolute atomic E-state index is 3.73. The standard InChI is InChI=1S/C14H19BrN2/c15-12-4-1-3-11(9-12)10-16-13-6-8-17-7-2-5-14(13)17/h1,3-4,9,13-14,16H,2,5-8,10H2. The molecule has 92 valence electrons. The summed E-state index contributed by atoms with van der Waals surface area (Å²) >= 11 is 3.52. The smallest absolute Gasteiger partial charge is 0.0250 e. The molecule has 2 atom stereocenters. The average molecular weight is 295 g/mol. The molecule has 0 radical (unpaired) electrons. The first-order valence-electron chi connectivity index (χ1n) is 6.55. The Bertz CT molecular complexity index is 394. The molecule has 0 aromatic heterocycles. The van der Waals surface area contributed by atoms with Gasteiger partial charge in [-0.3, -0.25) is 4.90 Å². The number of nitrogens with one attached hydrogen (secondary N) is 1. The van der Waals surface area contributed by atoms with E-state index in [9.17, 15) is 0 Å². The van der Waals surface area contributed by atoms with E-state index in [-0.39, 0.29) is 0 Å². The molecule has 0 bridgehead atoms. The van der Waals surface area contributed by atoms with Gasteiger partial charge in [0.2, 0.25) is 0 Å². The number of fused-ring (bicyclic) bond motifs is 1. The zero-order valence-corrected chi connectivity index (χ0v) is 11.6. The number of hydrogen-bond donors (Lipinski definition) is 1. The van der Waals surface area contributed by atoms with Crippen LogP contribution in [0.1, 0.15) is 24.8 Å². The molecule has 1 aromatic rings. The minimum Gasteiger partial charge on any atom is -0.308 e. The lowest BCUT2D eigenvalue weighted by Gasteiger charge is -2.21.